The minimum absolute atomic E-state index is 0.139. The van der Waals surface area contributed by atoms with Crippen molar-refractivity contribution in [2.24, 2.45) is 5.92 Å². The zero-order chi connectivity index (χ0) is 25.2. The van der Waals surface area contributed by atoms with Crippen LogP contribution in [0.1, 0.15) is 66.6 Å². The van der Waals surface area contributed by atoms with Crippen molar-refractivity contribution >= 4 is 34.9 Å². The summed E-state index contributed by atoms with van der Waals surface area (Å²) in [5.74, 6) is -1.16. The molecular formula is C27H26Cl2FN3O3. The molecule has 1 saturated heterocycles. The molecule has 1 aromatic heterocycles. The fourth-order valence-corrected chi connectivity index (χ4v) is 6.65. The molecule has 188 valence electrons. The zero-order valence-electron chi connectivity index (χ0n) is 19.8. The summed E-state index contributed by atoms with van der Waals surface area (Å²) in [5.41, 5.74) is 2.40. The van der Waals surface area contributed by atoms with Gasteiger partial charge in [0.05, 0.1) is 34.1 Å². The molecule has 2 bridgehead atoms. The van der Waals surface area contributed by atoms with E-state index in [0.717, 1.165) is 43.4 Å². The van der Waals surface area contributed by atoms with Gasteiger partial charge in [0.15, 0.2) is 0 Å². The quantitative estimate of drug-likeness (QED) is 0.363. The van der Waals surface area contributed by atoms with E-state index in [0.29, 0.717) is 39.9 Å². The number of carboxylic acid groups (broad SMARTS) is 1. The van der Waals surface area contributed by atoms with Crippen LogP contribution in [0.2, 0.25) is 10.0 Å². The van der Waals surface area contributed by atoms with Crippen LogP contribution in [0.4, 0.5) is 10.1 Å². The van der Waals surface area contributed by atoms with E-state index in [2.05, 4.69) is 16.9 Å². The van der Waals surface area contributed by atoms with Crippen molar-refractivity contribution in [2.75, 3.05) is 4.90 Å². The van der Waals surface area contributed by atoms with Gasteiger partial charge in [-0.15, -0.1) is 0 Å². The largest absolute Gasteiger partial charge is 0.478 e. The molecule has 0 amide bonds. The smallest absolute Gasteiger partial charge is 0.338 e. The number of para-hydroxylation sites is 1. The molecular weight excluding hydrogens is 504 g/mol. The molecule has 2 aliphatic carbocycles. The topological polar surface area (TPSA) is 67.6 Å². The third kappa shape index (κ3) is 3.80. The van der Waals surface area contributed by atoms with Crippen molar-refractivity contribution in [1.29, 1.82) is 0 Å². The molecule has 3 fully saturated rings. The molecule has 2 saturated carbocycles. The molecule has 0 radical (unpaired) electrons. The van der Waals surface area contributed by atoms with E-state index in [1.54, 1.807) is 28.9 Å². The fourth-order valence-electron chi connectivity index (χ4n) is 6.09. The number of carbonyl (C=O) groups is 1. The molecule has 0 unspecified atom stereocenters. The Bertz CT molecular complexity index is 1340. The number of carboxylic acids is 1. The van der Waals surface area contributed by atoms with Gasteiger partial charge in [-0.1, -0.05) is 29.3 Å². The van der Waals surface area contributed by atoms with Crippen LogP contribution in [-0.4, -0.2) is 32.6 Å². The van der Waals surface area contributed by atoms with Crippen LogP contribution < -0.4 is 4.90 Å². The molecule has 1 N–H and O–H groups in total. The van der Waals surface area contributed by atoms with Crippen LogP contribution in [0.25, 0.3) is 5.69 Å². The number of halogens is 3. The van der Waals surface area contributed by atoms with Crippen LogP contribution in [0, 0.1) is 11.7 Å². The third-order valence-corrected chi connectivity index (χ3v) is 8.63. The maximum Gasteiger partial charge on any atom is 0.338 e. The number of benzene rings is 2. The second-order valence-electron chi connectivity index (χ2n) is 10.1. The number of piperidine rings is 1. The third-order valence-electron chi connectivity index (χ3n) is 8.02. The molecule has 3 atom stereocenters. The average molecular weight is 530 g/mol. The highest BCUT2D eigenvalue weighted by Gasteiger charge is 2.56. The van der Waals surface area contributed by atoms with E-state index < -0.39 is 17.5 Å². The van der Waals surface area contributed by atoms with E-state index in [9.17, 15) is 14.3 Å². The van der Waals surface area contributed by atoms with Crippen molar-refractivity contribution < 1.29 is 19.0 Å². The fraction of sp³-hybridized carbons (Fsp3) is 0.407. The van der Waals surface area contributed by atoms with Gasteiger partial charge in [0.25, 0.3) is 0 Å². The van der Waals surface area contributed by atoms with Crippen LogP contribution in [-0.2, 0) is 11.3 Å². The maximum absolute atomic E-state index is 14.6. The lowest BCUT2D eigenvalue weighted by atomic mass is 9.99. The second kappa shape index (κ2) is 8.75. The number of aromatic carboxylic acids is 1. The van der Waals surface area contributed by atoms with E-state index in [4.69, 9.17) is 27.9 Å². The standard InChI is InChI=1S/C27H26Cl2FN3O3/c1-15-17-9-10-27(12-17,32(15)18-7-8-19(26(34)35)23(30)11-18)36-14-24-20(16-5-6-16)13-31-33(24)25-21(28)3-2-4-22(25)29/h2-4,7-8,11,13,15-17H,5-6,9-10,12,14H2,1H3,(H,34,35)/t15-,17+,27+/m1/s1. The second-order valence-corrected chi connectivity index (χ2v) is 10.9. The molecule has 3 aliphatic rings. The van der Waals surface area contributed by atoms with Gasteiger partial charge in [0, 0.05) is 18.2 Å². The summed E-state index contributed by atoms with van der Waals surface area (Å²) < 4.78 is 23.2. The number of aromatic nitrogens is 2. The number of rotatable bonds is 7. The Morgan fingerprint density at radius 3 is 2.64 bits per heavy atom. The van der Waals surface area contributed by atoms with E-state index in [1.165, 1.54) is 12.1 Å². The zero-order valence-corrected chi connectivity index (χ0v) is 21.3. The van der Waals surface area contributed by atoms with Gasteiger partial charge in [0.1, 0.15) is 17.2 Å². The van der Waals surface area contributed by atoms with Gasteiger partial charge in [-0.2, -0.15) is 5.10 Å². The first-order valence-electron chi connectivity index (χ1n) is 12.3. The predicted molar refractivity (Wildman–Crippen MR) is 136 cm³/mol. The van der Waals surface area contributed by atoms with Gasteiger partial charge < -0.3 is 14.7 Å². The van der Waals surface area contributed by atoms with Crippen LogP contribution in [0.5, 0.6) is 0 Å². The highest BCUT2D eigenvalue weighted by Crippen LogP contribution is 2.53. The first-order chi connectivity index (χ1) is 17.3. The SMILES string of the molecule is C[C@@H]1[C@H]2CC[C@](OCc3c(C4CC4)cnn3-c3c(Cl)cccc3Cl)(C2)N1c1ccc(C(=O)O)c(F)c1. The van der Waals surface area contributed by atoms with Crippen molar-refractivity contribution in [2.45, 2.75) is 63.3 Å². The number of fused-ring (bicyclic) bond motifs is 2. The summed E-state index contributed by atoms with van der Waals surface area (Å²) in [6.07, 6.45) is 6.78. The Labute approximate surface area is 218 Å². The van der Waals surface area contributed by atoms with Gasteiger partial charge in [-0.05, 0) is 80.3 Å². The van der Waals surface area contributed by atoms with Gasteiger partial charge >= 0.3 is 5.97 Å². The summed E-state index contributed by atoms with van der Waals surface area (Å²) in [4.78, 5) is 13.5. The first-order valence-corrected chi connectivity index (χ1v) is 13.0. The van der Waals surface area contributed by atoms with Crippen LogP contribution >= 0.6 is 23.2 Å². The van der Waals surface area contributed by atoms with E-state index in [-0.39, 0.29) is 11.6 Å². The highest BCUT2D eigenvalue weighted by atomic mass is 35.5. The lowest BCUT2D eigenvalue weighted by Gasteiger charge is -2.43. The van der Waals surface area contributed by atoms with Gasteiger partial charge in [-0.25, -0.2) is 13.9 Å². The molecule has 1 aliphatic heterocycles. The Hall–Kier alpha value is -2.61. The summed E-state index contributed by atoms with van der Waals surface area (Å²) in [5, 5.41) is 14.9. The Kier molecular flexibility index (Phi) is 5.78. The number of hydrogen-bond donors (Lipinski definition) is 1. The van der Waals surface area contributed by atoms with Gasteiger partial charge in [-0.3, -0.25) is 0 Å². The number of ether oxygens (including phenoxy) is 1. The van der Waals surface area contributed by atoms with Crippen molar-refractivity contribution in [3.05, 3.63) is 75.3 Å². The minimum atomic E-state index is -1.28. The summed E-state index contributed by atoms with van der Waals surface area (Å²) >= 11 is 13.1. The van der Waals surface area contributed by atoms with Crippen molar-refractivity contribution in [1.82, 2.24) is 9.78 Å². The Morgan fingerprint density at radius 2 is 1.97 bits per heavy atom. The number of nitrogens with zero attached hydrogens (tertiary/aromatic N) is 3. The summed E-state index contributed by atoms with van der Waals surface area (Å²) in [7, 11) is 0. The average Bonchev–Trinajstić information content (AvgIpc) is 3.36. The maximum atomic E-state index is 14.6. The molecule has 0 spiro atoms. The highest BCUT2D eigenvalue weighted by molar-refractivity contribution is 6.37. The van der Waals surface area contributed by atoms with Crippen molar-refractivity contribution in [3.63, 3.8) is 0 Å². The lowest BCUT2D eigenvalue weighted by Crippen LogP contribution is -2.50. The minimum Gasteiger partial charge on any atom is -0.478 e. The van der Waals surface area contributed by atoms with Crippen LogP contribution in [0.15, 0.2) is 42.6 Å². The molecule has 2 aromatic carbocycles. The molecule has 6 rings (SSSR count). The number of hydrogen-bond acceptors (Lipinski definition) is 4. The number of anilines is 1. The van der Waals surface area contributed by atoms with Crippen LogP contribution in [0.3, 0.4) is 0 Å². The summed E-state index contributed by atoms with van der Waals surface area (Å²) in [6, 6.07) is 9.86. The van der Waals surface area contributed by atoms with E-state index >= 15 is 0 Å². The van der Waals surface area contributed by atoms with Gasteiger partial charge in [0.2, 0.25) is 0 Å². The summed E-state index contributed by atoms with van der Waals surface area (Å²) in [6.45, 7) is 2.43. The monoisotopic (exact) mass is 529 g/mol. The molecule has 6 nitrogen and oxygen atoms in total. The molecule has 36 heavy (non-hydrogen) atoms. The molecule has 9 heteroatoms. The normalized spacial score (nSPS) is 25.1. The Balaban J connectivity index is 1.35. The Morgan fingerprint density at radius 1 is 1.22 bits per heavy atom. The van der Waals surface area contributed by atoms with E-state index in [1.807, 2.05) is 6.20 Å². The van der Waals surface area contributed by atoms with Crippen molar-refractivity contribution in [3.8, 4) is 5.69 Å². The first kappa shape index (κ1) is 23.8. The lowest BCUT2D eigenvalue weighted by molar-refractivity contribution is -0.0496. The predicted octanol–water partition coefficient (Wildman–Crippen LogP) is 6.82. The molecule has 3 aromatic rings. The molecule has 2 heterocycles.